The molecular formula is C11H17N3O4S. The molecule has 0 radical (unpaired) electrons. The van der Waals surface area contributed by atoms with E-state index in [0.717, 1.165) is 12.8 Å². The first kappa shape index (κ1) is 13.0. The van der Waals surface area contributed by atoms with Gasteiger partial charge in [-0.2, -0.15) is 9.40 Å². The van der Waals surface area contributed by atoms with Crippen LogP contribution >= 0.6 is 0 Å². The summed E-state index contributed by atoms with van der Waals surface area (Å²) in [6.07, 6.45) is 2.82. The van der Waals surface area contributed by atoms with Crippen LogP contribution < -0.4 is 0 Å². The van der Waals surface area contributed by atoms with Gasteiger partial charge < -0.3 is 9.47 Å². The van der Waals surface area contributed by atoms with E-state index < -0.39 is 15.8 Å². The maximum atomic E-state index is 12.6. The van der Waals surface area contributed by atoms with E-state index in [2.05, 4.69) is 10.2 Å². The summed E-state index contributed by atoms with van der Waals surface area (Å²) in [7, 11) is -3.53. The molecule has 19 heavy (non-hydrogen) atoms. The summed E-state index contributed by atoms with van der Waals surface area (Å²) < 4.78 is 37.8. The van der Waals surface area contributed by atoms with Crippen molar-refractivity contribution in [1.82, 2.24) is 14.5 Å². The van der Waals surface area contributed by atoms with Gasteiger partial charge in [0, 0.05) is 13.0 Å². The predicted molar refractivity (Wildman–Crippen MR) is 66.0 cm³/mol. The van der Waals surface area contributed by atoms with E-state index in [-0.39, 0.29) is 11.4 Å². The molecule has 106 valence electrons. The Morgan fingerprint density at radius 3 is 2.79 bits per heavy atom. The normalized spacial score (nSPS) is 24.1. The number of aromatic nitrogens is 2. The highest BCUT2D eigenvalue weighted by Gasteiger charge is 2.44. The molecule has 2 saturated heterocycles. The zero-order valence-corrected chi connectivity index (χ0v) is 11.6. The number of rotatable bonds is 2. The summed E-state index contributed by atoms with van der Waals surface area (Å²) in [4.78, 5) is 0.225. The van der Waals surface area contributed by atoms with Crippen molar-refractivity contribution in [2.75, 3.05) is 26.3 Å². The van der Waals surface area contributed by atoms with Gasteiger partial charge in [0.15, 0.2) is 5.79 Å². The van der Waals surface area contributed by atoms with Crippen molar-refractivity contribution in [3.8, 4) is 0 Å². The molecule has 0 aliphatic carbocycles. The first-order valence-corrected chi connectivity index (χ1v) is 7.76. The third-order valence-corrected chi connectivity index (χ3v) is 5.56. The topological polar surface area (TPSA) is 84.5 Å². The van der Waals surface area contributed by atoms with Crippen LogP contribution in [-0.4, -0.2) is 55.0 Å². The third-order valence-electron chi connectivity index (χ3n) is 3.60. The molecule has 1 N–H and O–H groups in total. The second-order valence-electron chi connectivity index (χ2n) is 4.91. The largest absolute Gasteiger partial charge is 0.346 e. The summed E-state index contributed by atoms with van der Waals surface area (Å²) in [5.74, 6) is -0.747. The fraction of sp³-hybridized carbons (Fsp3) is 0.727. The number of nitrogens with zero attached hydrogens (tertiary/aromatic N) is 2. The number of aryl methyl sites for hydroxylation is 1. The van der Waals surface area contributed by atoms with Crippen LogP contribution in [0.25, 0.3) is 0 Å². The molecule has 1 spiro atoms. The van der Waals surface area contributed by atoms with E-state index in [1.807, 2.05) is 0 Å². The van der Waals surface area contributed by atoms with Gasteiger partial charge in [0.25, 0.3) is 0 Å². The highest BCUT2D eigenvalue weighted by Crippen LogP contribution is 2.33. The lowest BCUT2D eigenvalue weighted by Gasteiger charge is -2.37. The van der Waals surface area contributed by atoms with E-state index >= 15 is 0 Å². The van der Waals surface area contributed by atoms with Crippen molar-refractivity contribution in [3.63, 3.8) is 0 Å². The second-order valence-corrected chi connectivity index (χ2v) is 6.82. The Kier molecular flexibility index (Phi) is 3.12. The number of H-pyrrole nitrogens is 1. The SMILES string of the molecule is Cc1[nH]ncc1S(=O)(=O)N1CCCC2(C1)OCCO2. The molecule has 3 rings (SSSR count). The molecule has 0 unspecified atom stereocenters. The number of aromatic amines is 1. The average Bonchev–Trinajstić information content (AvgIpc) is 2.99. The van der Waals surface area contributed by atoms with Gasteiger partial charge in [0.2, 0.25) is 10.0 Å². The molecule has 1 aromatic heterocycles. The number of nitrogens with one attached hydrogen (secondary N) is 1. The van der Waals surface area contributed by atoms with Gasteiger partial charge in [0.05, 0.1) is 31.6 Å². The standard InChI is InChI=1S/C11H17N3O4S/c1-9-10(7-12-13-9)19(15,16)14-4-2-3-11(8-14)17-5-6-18-11/h7H,2-6,8H2,1H3,(H,12,13). The zero-order valence-electron chi connectivity index (χ0n) is 10.8. The predicted octanol–water partition coefficient (Wildman–Crippen LogP) is 0.246. The quantitative estimate of drug-likeness (QED) is 0.842. The van der Waals surface area contributed by atoms with E-state index in [0.29, 0.717) is 25.5 Å². The van der Waals surface area contributed by atoms with Crippen LogP contribution in [-0.2, 0) is 19.5 Å². The molecule has 0 amide bonds. The number of hydrogen-bond donors (Lipinski definition) is 1. The van der Waals surface area contributed by atoms with Gasteiger partial charge in [0.1, 0.15) is 4.90 Å². The van der Waals surface area contributed by atoms with Crippen LogP contribution in [0.15, 0.2) is 11.1 Å². The maximum Gasteiger partial charge on any atom is 0.246 e. The average molecular weight is 287 g/mol. The lowest BCUT2D eigenvalue weighted by molar-refractivity contribution is -0.179. The minimum Gasteiger partial charge on any atom is -0.346 e. The number of hydrogen-bond acceptors (Lipinski definition) is 5. The van der Waals surface area contributed by atoms with Crippen molar-refractivity contribution < 1.29 is 17.9 Å². The van der Waals surface area contributed by atoms with Crippen LogP contribution in [0.2, 0.25) is 0 Å². The minimum atomic E-state index is -3.53. The molecule has 0 saturated carbocycles. The highest BCUT2D eigenvalue weighted by atomic mass is 32.2. The fourth-order valence-corrected chi connectivity index (χ4v) is 4.26. The van der Waals surface area contributed by atoms with E-state index in [1.165, 1.54) is 10.5 Å². The van der Waals surface area contributed by atoms with E-state index in [1.54, 1.807) is 6.92 Å². The Morgan fingerprint density at radius 2 is 2.16 bits per heavy atom. The Labute approximate surface area is 111 Å². The number of ether oxygens (including phenoxy) is 2. The Balaban J connectivity index is 1.87. The zero-order chi connectivity index (χ0) is 13.5. The Morgan fingerprint density at radius 1 is 1.42 bits per heavy atom. The molecule has 2 aliphatic rings. The van der Waals surface area contributed by atoms with Crippen LogP contribution in [0, 0.1) is 6.92 Å². The monoisotopic (exact) mass is 287 g/mol. The fourth-order valence-electron chi connectivity index (χ4n) is 2.63. The highest BCUT2D eigenvalue weighted by molar-refractivity contribution is 7.89. The molecule has 0 bridgehead atoms. The smallest absolute Gasteiger partial charge is 0.246 e. The van der Waals surface area contributed by atoms with Gasteiger partial charge in [-0.05, 0) is 13.3 Å². The van der Waals surface area contributed by atoms with Crippen molar-refractivity contribution in [2.45, 2.75) is 30.4 Å². The molecule has 7 nitrogen and oxygen atoms in total. The van der Waals surface area contributed by atoms with Crippen LogP contribution in [0.1, 0.15) is 18.5 Å². The molecule has 8 heteroatoms. The van der Waals surface area contributed by atoms with Crippen molar-refractivity contribution in [2.24, 2.45) is 0 Å². The molecular weight excluding hydrogens is 270 g/mol. The summed E-state index contributed by atoms with van der Waals surface area (Å²) in [5, 5.41) is 6.44. The van der Waals surface area contributed by atoms with Crippen molar-refractivity contribution in [1.29, 1.82) is 0 Å². The number of piperidine rings is 1. The maximum absolute atomic E-state index is 12.6. The molecule has 0 aromatic carbocycles. The Hall–Kier alpha value is -0.960. The van der Waals surface area contributed by atoms with Crippen LogP contribution in [0.4, 0.5) is 0 Å². The number of sulfonamides is 1. The first-order chi connectivity index (χ1) is 9.04. The summed E-state index contributed by atoms with van der Waals surface area (Å²) in [5.41, 5.74) is 0.549. The molecule has 0 atom stereocenters. The molecule has 1 aromatic rings. The molecule has 2 aliphatic heterocycles. The lowest BCUT2D eigenvalue weighted by Crippen LogP contribution is -2.50. The summed E-state index contributed by atoms with van der Waals surface area (Å²) >= 11 is 0. The minimum absolute atomic E-state index is 0.225. The molecule has 2 fully saturated rings. The van der Waals surface area contributed by atoms with Gasteiger partial charge in [-0.3, -0.25) is 5.10 Å². The summed E-state index contributed by atoms with van der Waals surface area (Å²) in [6.45, 7) is 3.49. The van der Waals surface area contributed by atoms with E-state index in [4.69, 9.17) is 9.47 Å². The Bertz CT molecular complexity index is 562. The lowest BCUT2D eigenvalue weighted by atomic mass is 10.1. The first-order valence-electron chi connectivity index (χ1n) is 6.32. The van der Waals surface area contributed by atoms with Gasteiger partial charge in [-0.25, -0.2) is 8.42 Å². The van der Waals surface area contributed by atoms with E-state index in [9.17, 15) is 8.42 Å². The van der Waals surface area contributed by atoms with Crippen LogP contribution in [0.3, 0.4) is 0 Å². The third kappa shape index (κ3) is 2.18. The van der Waals surface area contributed by atoms with Gasteiger partial charge >= 0.3 is 0 Å². The second kappa shape index (κ2) is 4.55. The van der Waals surface area contributed by atoms with Crippen molar-refractivity contribution >= 4 is 10.0 Å². The van der Waals surface area contributed by atoms with Crippen LogP contribution in [0.5, 0.6) is 0 Å². The van der Waals surface area contributed by atoms with Crippen molar-refractivity contribution in [3.05, 3.63) is 11.9 Å². The van der Waals surface area contributed by atoms with Gasteiger partial charge in [-0.1, -0.05) is 0 Å². The molecule has 3 heterocycles. The summed E-state index contributed by atoms with van der Waals surface area (Å²) in [6, 6.07) is 0. The van der Waals surface area contributed by atoms with Gasteiger partial charge in [-0.15, -0.1) is 0 Å².